The van der Waals surface area contributed by atoms with Crippen molar-refractivity contribution in [3.63, 3.8) is 0 Å². The Kier molecular flexibility index (Phi) is 3.33. The summed E-state index contributed by atoms with van der Waals surface area (Å²) in [7, 11) is 0. The summed E-state index contributed by atoms with van der Waals surface area (Å²) in [5.74, 6) is 1.08. The molecule has 0 bridgehead atoms. The second-order valence-electron chi connectivity index (χ2n) is 4.22. The van der Waals surface area contributed by atoms with Gasteiger partial charge >= 0.3 is 0 Å². The summed E-state index contributed by atoms with van der Waals surface area (Å²) in [6.45, 7) is 4.46. The topological polar surface area (TPSA) is 29.5 Å². The Bertz CT molecular complexity index is 501. The van der Waals surface area contributed by atoms with E-state index >= 15 is 0 Å². The van der Waals surface area contributed by atoms with Crippen LogP contribution in [0.2, 0.25) is 0 Å². The number of rotatable bonds is 3. The minimum absolute atomic E-state index is 0.299. The van der Waals surface area contributed by atoms with E-state index in [1.807, 2.05) is 13.0 Å². The summed E-state index contributed by atoms with van der Waals surface area (Å²) >= 11 is 0. The predicted molar refractivity (Wildman–Crippen MR) is 68.4 cm³/mol. The maximum atomic E-state index is 9.40. The molecule has 0 amide bonds. The van der Waals surface area contributed by atoms with Gasteiger partial charge in [0, 0.05) is 0 Å². The lowest BCUT2D eigenvalue weighted by molar-refractivity contribution is 0.305. The third-order valence-corrected chi connectivity index (χ3v) is 2.69. The zero-order valence-corrected chi connectivity index (χ0v) is 10.1. The van der Waals surface area contributed by atoms with Crippen LogP contribution in [-0.4, -0.2) is 5.11 Å². The number of hydrogen-bond acceptors (Lipinski definition) is 2. The van der Waals surface area contributed by atoms with E-state index in [1.54, 1.807) is 12.1 Å². The third kappa shape index (κ3) is 3.00. The van der Waals surface area contributed by atoms with Crippen molar-refractivity contribution in [1.29, 1.82) is 0 Å². The monoisotopic (exact) mass is 228 g/mol. The van der Waals surface area contributed by atoms with Gasteiger partial charge in [0.1, 0.15) is 18.1 Å². The zero-order valence-electron chi connectivity index (χ0n) is 10.1. The van der Waals surface area contributed by atoms with Crippen molar-refractivity contribution in [2.75, 3.05) is 0 Å². The van der Waals surface area contributed by atoms with Crippen molar-refractivity contribution in [2.24, 2.45) is 0 Å². The molecule has 0 fully saturated rings. The van der Waals surface area contributed by atoms with Crippen LogP contribution >= 0.6 is 0 Å². The maximum absolute atomic E-state index is 9.40. The van der Waals surface area contributed by atoms with E-state index in [-0.39, 0.29) is 0 Å². The Morgan fingerprint density at radius 3 is 2.35 bits per heavy atom. The molecule has 0 saturated carbocycles. The molecule has 0 aliphatic carbocycles. The molecular formula is C15H16O2. The molecule has 0 saturated heterocycles. The Balaban J connectivity index is 2.02. The number of aromatic hydroxyl groups is 1. The molecule has 0 aliphatic heterocycles. The summed E-state index contributed by atoms with van der Waals surface area (Å²) in [5.41, 5.74) is 3.21. The Hall–Kier alpha value is -1.96. The highest BCUT2D eigenvalue weighted by molar-refractivity contribution is 5.38. The van der Waals surface area contributed by atoms with Crippen LogP contribution in [0, 0.1) is 13.8 Å². The normalized spacial score (nSPS) is 10.2. The molecule has 0 unspecified atom stereocenters. The molecule has 0 aliphatic rings. The molecule has 0 radical (unpaired) electrons. The minimum Gasteiger partial charge on any atom is -0.508 e. The van der Waals surface area contributed by atoms with Crippen LogP contribution in [0.1, 0.15) is 16.7 Å². The lowest BCUT2D eigenvalue weighted by Gasteiger charge is -2.08. The summed E-state index contributed by atoms with van der Waals surface area (Å²) in [6, 6.07) is 13.5. The molecule has 0 heterocycles. The molecule has 88 valence electrons. The first-order chi connectivity index (χ1) is 8.15. The van der Waals surface area contributed by atoms with Gasteiger partial charge in [-0.2, -0.15) is 0 Å². The van der Waals surface area contributed by atoms with Crippen molar-refractivity contribution in [3.05, 3.63) is 59.2 Å². The molecule has 17 heavy (non-hydrogen) atoms. The van der Waals surface area contributed by atoms with E-state index in [0.29, 0.717) is 12.4 Å². The highest BCUT2D eigenvalue weighted by Gasteiger charge is 1.99. The summed E-state index contributed by atoms with van der Waals surface area (Å²) in [5, 5.41) is 9.40. The highest BCUT2D eigenvalue weighted by Crippen LogP contribution is 2.22. The van der Waals surface area contributed by atoms with Crippen LogP contribution < -0.4 is 4.74 Å². The van der Waals surface area contributed by atoms with Gasteiger partial charge in [0.2, 0.25) is 0 Å². The van der Waals surface area contributed by atoms with Gasteiger partial charge in [-0.25, -0.2) is 0 Å². The third-order valence-electron chi connectivity index (χ3n) is 2.69. The Labute approximate surface area is 101 Å². The molecule has 0 aromatic heterocycles. The second-order valence-corrected chi connectivity index (χ2v) is 4.22. The summed E-state index contributed by atoms with van der Waals surface area (Å²) < 4.78 is 5.66. The Morgan fingerprint density at radius 1 is 1.00 bits per heavy atom. The van der Waals surface area contributed by atoms with Crippen LogP contribution in [0.5, 0.6) is 11.5 Å². The number of hydrogen-bond donors (Lipinski definition) is 1. The fourth-order valence-electron chi connectivity index (χ4n) is 1.57. The van der Waals surface area contributed by atoms with Crippen LogP contribution in [0.4, 0.5) is 0 Å². The van der Waals surface area contributed by atoms with E-state index in [4.69, 9.17) is 4.74 Å². The van der Waals surface area contributed by atoms with Crippen molar-refractivity contribution in [1.82, 2.24) is 0 Å². The first kappa shape index (κ1) is 11.5. The van der Waals surface area contributed by atoms with E-state index in [2.05, 4.69) is 31.2 Å². The molecule has 0 spiro atoms. The fourth-order valence-corrected chi connectivity index (χ4v) is 1.57. The lowest BCUT2D eigenvalue weighted by atomic mass is 10.2. The fraction of sp³-hybridized carbons (Fsp3) is 0.200. The largest absolute Gasteiger partial charge is 0.508 e. The van der Waals surface area contributed by atoms with Gasteiger partial charge in [0.25, 0.3) is 0 Å². The maximum Gasteiger partial charge on any atom is 0.120 e. The van der Waals surface area contributed by atoms with Crippen LogP contribution in [-0.2, 0) is 6.61 Å². The highest BCUT2D eigenvalue weighted by atomic mass is 16.5. The van der Waals surface area contributed by atoms with Crippen LogP contribution in [0.3, 0.4) is 0 Å². The molecule has 1 N–H and O–H groups in total. The predicted octanol–water partition coefficient (Wildman–Crippen LogP) is 3.59. The summed E-state index contributed by atoms with van der Waals surface area (Å²) in [6.07, 6.45) is 0. The average Bonchev–Trinajstić information content (AvgIpc) is 2.33. The first-order valence-electron chi connectivity index (χ1n) is 5.63. The molecule has 2 aromatic carbocycles. The van der Waals surface area contributed by atoms with Gasteiger partial charge in [0.15, 0.2) is 0 Å². The Morgan fingerprint density at radius 2 is 1.71 bits per heavy atom. The smallest absolute Gasteiger partial charge is 0.120 e. The number of phenolic OH excluding ortho intramolecular Hbond substituents is 1. The number of phenols is 1. The lowest BCUT2D eigenvalue weighted by Crippen LogP contribution is -1.95. The van der Waals surface area contributed by atoms with Gasteiger partial charge < -0.3 is 9.84 Å². The quantitative estimate of drug-likeness (QED) is 0.870. The van der Waals surface area contributed by atoms with Crippen molar-refractivity contribution >= 4 is 0 Å². The van der Waals surface area contributed by atoms with E-state index in [0.717, 1.165) is 16.9 Å². The number of ether oxygens (including phenoxy) is 1. The number of benzene rings is 2. The SMILES string of the molecule is Cc1ccc(COc2ccc(O)c(C)c2)cc1. The van der Waals surface area contributed by atoms with Crippen LogP contribution in [0.15, 0.2) is 42.5 Å². The first-order valence-corrected chi connectivity index (χ1v) is 5.63. The average molecular weight is 228 g/mol. The minimum atomic E-state index is 0.299. The van der Waals surface area contributed by atoms with E-state index < -0.39 is 0 Å². The molecular weight excluding hydrogens is 212 g/mol. The molecule has 2 heteroatoms. The van der Waals surface area contributed by atoms with Gasteiger partial charge in [-0.3, -0.25) is 0 Å². The van der Waals surface area contributed by atoms with Crippen molar-refractivity contribution in [3.8, 4) is 11.5 Å². The molecule has 2 rings (SSSR count). The van der Waals surface area contributed by atoms with Crippen LogP contribution in [0.25, 0.3) is 0 Å². The van der Waals surface area contributed by atoms with Gasteiger partial charge in [-0.15, -0.1) is 0 Å². The molecule has 2 nitrogen and oxygen atoms in total. The van der Waals surface area contributed by atoms with Gasteiger partial charge in [-0.05, 0) is 43.2 Å². The standard InChI is InChI=1S/C15H16O2/c1-11-3-5-13(6-4-11)10-17-14-7-8-15(16)12(2)9-14/h3-9,16H,10H2,1-2H3. The zero-order chi connectivity index (χ0) is 12.3. The molecule has 2 aromatic rings. The van der Waals surface area contributed by atoms with E-state index in [9.17, 15) is 5.11 Å². The second kappa shape index (κ2) is 4.91. The van der Waals surface area contributed by atoms with Gasteiger partial charge in [-0.1, -0.05) is 29.8 Å². The summed E-state index contributed by atoms with van der Waals surface area (Å²) in [4.78, 5) is 0. The molecule has 0 atom stereocenters. The number of aryl methyl sites for hydroxylation is 2. The van der Waals surface area contributed by atoms with Crippen molar-refractivity contribution in [2.45, 2.75) is 20.5 Å². The van der Waals surface area contributed by atoms with E-state index in [1.165, 1.54) is 5.56 Å². The van der Waals surface area contributed by atoms with Gasteiger partial charge in [0.05, 0.1) is 0 Å². The van der Waals surface area contributed by atoms with Crippen molar-refractivity contribution < 1.29 is 9.84 Å².